The number of rotatable bonds is 4. The minimum absolute atomic E-state index is 0.0110. The molecule has 0 spiro atoms. The van der Waals surface area contributed by atoms with E-state index in [4.69, 9.17) is 4.42 Å². The van der Waals surface area contributed by atoms with E-state index in [1.165, 1.54) is 0 Å². The quantitative estimate of drug-likeness (QED) is 0.898. The molecule has 0 radical (unpaired) electrons. The Morgan fingerprint density at radius 2 is 2.12 bits per heavy atom. The van der Waals surface area contributed by atoms with E-state index in [2.05, 4.69) is 26.6 Å². The highest BCUT2D eigenvalue weighted by Gasteiger charge is 2.18. The van der Waals surface area contributed by atoms with E-state index in [9.17, 15) is 4.79 Å². The molecule has 4 nitrogen and oxygen atoms in total. The number of hydrogen-bond acceptors (Lipinski definition) is 3. The fourth-order valence-electron chi connectivity index (χ4n) is 1.27. The number of halogens is 1. The molecule has 0 aliphatic carbocycles. The van der Waals surface area contributed by atoms with Crippen molar-refractivity contribution >= 4 is 21.8 Å². The van der Waals surface area contributed by atoms with Crippen LogP contribution in [0.25, 0.3) is 0 Å². The van der Waals surface area contributed by atoms with Crippen molar-refractivity contribution in [1.82, 2.24) is 10.6 Å². The predicted molar refractivity (Wildman–Crippen MR) is 70.6 cm³/mol. The van der Waals surface area contributed by atoms with Crippen LogP contribution in [-0.4, -0.2) is 17.5 Å². The van der Waals surface area contributed by atoms with Gasteiger partial charge >= 0.3 is 0 Å². The standard InChI is InChI=1S/C12H19BrN2O2/c1-8(11(16)15-12(2,3)4)14-7-9-5-6-10(13)17-9/h5-6,8,14H,7H2,1-4H3,(H,15,16). The monoisotopic (exact) mass is 302 g/mol. The average Bonchev–Trinajstić information content (AvgIpc) is 2.58. The second-order valence-electron chi connectivity index (χ2n) is 5.05. The third kappa shape index (κ3) is 5.37. The van der Waals surface area contributed by atoms with Crippen LogP contribution >= 0.6 is 15.9 Å². The van der Waals surface area contributed by atoms with Gasteiger partial charge in [0.25, 0.3) is 0 Å². The molecule has 2 N–H and O–H groups in total. The van der Waals surface area contributed by atoms with E-state index in [0.29, 0.717) is 11.2 Å². The number of carbonyl (C=O) groups excluding carboxylic acids is 1. The van der Waals surface area contributed by atoms with Gasteiger partial charge in [0.05, 0.1) is 12.6 Å². The van der Waals surface area contributed by atoms with E-state index < -0.39 is 0 Å². The molecule has 96 valence electrons. The number of nitrogens with one attached hydrogen (secondary N) is 2. The van der Waals surface area contributed by atoms with E-state index in [1.54, 1.807) is 0 Å². The van der Waals surface area contributed by atoms with Crippen LogP contribution in [0.15, 0.2) is 21.2 Å². The van der Waals surface area contributed by atoms with Crippen molar-refractivity contribution in [3.05, 3.63) is 22.6 Å². The minimum atomic E-state index is -0.252. The molecule has 0 saturated carbocycles. The van der Waals surface area contributed by atoms with Gasteiger partial charge < -0.3 is 9.73 Å². The van der Waals surface area contributed by atoms with Gasteiger partial charge in [0, 0.05) is 5.54 Å². The maximum absolute atomic E-state index is 11.8. The number of furan rings is 1. The Balaban J connectivity index is 2.39. The summed E-state index contributed by atoms with van der Waals surface area (Å²) in [5, 5.41) is 6.03. The fraction of sp³-hybridized carbons (Fsp3) is 0.583. The van der Waals surface area contributed by atoms with Gasteiger partial charge in [0.15, 0.2) is 4.67 Å². The van der Waals surface area contributed by atoms with Gasteiger partial charge in [-0.3, -0.25) is 10.1 Å². The summed E-state index contributed by atoms with van der Waals surface area (Å²) in [5.41, 5.74) is -0.208. The van der Waals surface area contributed by atoms with Gasteiger partial charge in [-0.05, 0) is 55.8 Å². The molecule has 1 unspecified atom stereocenters. The normalized spacial score (nSPS) is 13.5. The zero-order valence-corrected chi connectivity index (χ0v) is 12.2. The maximum atomic E-state index is 11.8. The van der Waals surface area contributed by atoms with Gasteiger partial charge in [-0.25, -0.2) is 0 Å². The summed E-state index contributed by atoms with van der Waals surface area (Å²) in [6, 6.07) is 3.45. The van der Waals surface area contributed by atoms with Gasteiger partial charge in [-0.15, -0.1) is 0 Å². The Kier molecular flexibility index (Phi) is 4.77. The Morgan fingerprint density at radius 1 is 1.47 bits per heavy atom. The van der Waals surface area contributed by atoms with Crippen LogP contribution in [0.4, 0.5) is 0 Å². The second kappa shape index (κ2) is 5.69. The largest absolute Gasteiger partial charge is 0.453 e. The van der Waals surface area contributed by atoms with Crippen molar-refractivity contribution < 1.29 is 9.21 Å². The molecular formula is C12H19BrN2O2. The third-order valence-electron chi connectivity index (χ3n) is 2.10. The van der Waals surface area contributed by atoms with Crippen LogP contribution in [-0.2, 0) is 11.3 Å². The molecule has 0 aliphatic rings. The van der Waals surface area contributed by atoms with Crippen LogP contribution in [0.1, 0.15) is 33.5 Å². The van der Waals surface area contributed by atoms with E-state index in [-0.39, 0.29) is 17.5 Å². The first-order chi connectivity index (χ1) is 7.78. The van der Waals surface area contributed by atoms with Crippen LogP contribution in [0, 0.1) is 0 Å². The number of carbonyl (C=O) groups is 1. The van der Waals surface area contributed by atoms with Crippen LogP contribution in [0.2, 0.25) is 0 Å². The molecule has 0 aromatic carbocycles. The van der Waals surface area contributed by atoms with Crippen LogP contribution in [0.3, 0.4) is 0 Å². The van der Waals surface area contributed by atoms with Crippen molar-refractivity contribution in [3.8, 4) is 0 Å². The van der Waals surface area contributed by atoms with Crippen molar-refractivity contribution in [3.63, 3.8) is 0 Å². The molecule has 1 aromatic heterocycles. The molecule has 0 fully saturated rings. The Hall–Kier alpha value is -0.810. The minimum Gasteiger partial charge on any atom is -0.453 e. The lowest BCUT2D eigenvalue weighted by atomic mass is 10.1. The highest BCUT2D eigenvalue weighted by molar-refractivity contribution is 9.10. The summed E-state index contributed by atoms with van der Waals surface area (Å²) in [4.78, 5) is 11.8. The molecule has 1 heterocycles. The average molecular weight is 303 g/mol. The Bertz CT molecular complexity index is 382. The summed E-state index contributed by atoms with van der Waals surface area (Å²) in [5.74, 6) is 0.787. The van der Waals surface area contributed by atoms with Gasteiger partial charge in [-0.2, -0.15) is 0 Å². The molecule has 0 saturated heterocycles. The van der Waals surface area contributed by atoms with Crippen LogP contribution < -0.4 is 10.6 Å². The molecule has 0 aliphatic heterocycles. The summed E-state index contributed by atoms with van der Waals surface area (Å²) < 4.78 is 6.03. The first-order valence-electron chi connectivity index (χ1n) is 5.57. The number of hydrogen-bond donors (Lipinski definition) is 2. The lowest BCUT2D eigenvalue weighted by molar-refractivity contribution is -0.124. The molecule has 1 atom stereocenters. The zero-order chi connectivity index (χ0) is 13.1. The highest BCUT2D eigenvalue weighted by atomic mass is 79.9. The van der Waals surface area contributed by atoms with Gasteiger partial charge in [-0.1, -0.05) is 0 Å². The third-order valence-corrected chi connectivity index (χ3v) is 2.53. The topological polar surface area (TPSA) is 54.3 Å². The number of amides is 1. The molecule has 1 rings (SSSR count). The Morgan fingerprint density at radius 3 is 2.59 bits per heavy atom. The van der Waals surface area contributed by atoms with Crippen molar-refractivity contribution in [2.45, 2.75) is 45.8 Å². The first-order valence-corrected chi connectivity index (χ1v) is 6.37. The second-order valence-corrected chi connectivity index (χ2v) is 5.83. The van der Waals surface area contributed by atoms with E-state index in [1.807, 2.05) is 39.8 Å². The smallest absolute Gasteiger partial charge is 0.237 e. The lowest BCUT2D eigenvalue weighted by Gasteiger charge is -2.23. The molecule has 5 heteroatoms. The fourth-order valence-corrected chi connectivity index (χ4v) is 1.61. The molecule has 17 heavy (non-hydrogen) atoms. The Labute approximate surface area is 110 Å². The SMILES string of the molecule is CC(NCc1ccc(Br)o1)C(=O)NC(C)(C)C. The van der Waals surface area contributed by atoms with Gasteiger partial charge in [0.1, 0.15) is 5.76 Å². The predicted octanol–water partition coefficient (Wildman–Crippen LogP) is 2.43. The van der Waals surface area contributed by atoms with E-state index >= 15 is 0 Å². The lowest BCUT2D eigenvalue weighted by Crippen LogP contribution is -2.49. The summed E-state index contributed by atoms with van der Waals surface area (Å²) in [7, 11) is 0. The van der Waals surface area contributed by atoms with Crippen molar-refractivity contribution in [1.29, 1.82) is 0 Å². The highest BCUT2D eigenvalue weighted by Crippen LogP contribution is 2.13. The van der Waals surface area contributed by atoms with E-state index in [0.717, 1.165) is 5.76 Å². The maximum Gasteiger partial charge on any atom is 0.237 e. The summed E-state index contributed by atoms with van der Waals surface area (Å²) in [6.45, 7) is 8.24. The molecule has 0 bridgehead atoms. The molecule has 1 amide bonds. The summed E-state index contributed by atoms with van der Waals surface area (Å²) >= 11 is 3.23. The van der Waals surface area contributed by atoms with Crippen LogP contribution in [0.5, 0.6) is 0 Å². The van der Waals surface area contributed by atoms with Crippen molar-refractivity contribution in [2.75, 3.05) is 0 Å². The molecular weight excluding hydrogens is 284 g/mol. The molecule has 1 aromatic rings. The van der Waals surface area contributed by atoms with Gasteiger partial charge in [0.2, 0.25) is 5.91 Å². The zero-order valence-electron chi connectivity index (χ0n) is 10.6. The first kappa shape index (κ1) is 14.3. The van der Waals surface area contributed by atoms with Crippen molar-refractivity contribution in [2.24, 2.45) is 0 Å². The summed E-state index contributed by atoms with van der Waals surface area (Å²) in [6.07, 6.45) is 0.